The Morgan fingerprint density at radius 1 is 0.808 bits per heavy atom. The van der Waals surface area contributed by atoms with Gasteiger partial charge in [-0.15, -0.1) is 10.2 Å². The quantitative estimate of drug-likeness (QED) is 0.610. The Morgan fingerprint density at radius 3 is 2.23 bits per heavy atom. The summed E-state index contributed by atoms with van der Waals surface area (Å²) in [5.74, 6) is 0.223. The molecule has 2 aromatic carbocycles. The van der Waals surface area contributed by atoms with Crippen molar-refractivity contribution in [1.29, 1.82) is 0 Å². The zero-order valence-corrected chi connectivity index (χ0v) is 13.5. The molecule has 0 bridgehead atoms. The lowest BCUT2D eigenvalue weighted by atomic mass is 10.1. The summed E-state index contributed by atoms with van der Waals surface area (Å²) >= 11 is 0. The Balaban J connectivity index is 1.66. The van der Waals surface area contributed by atoms with Gasteiger partial charge in [0.05, 0.1) is 18.1 Å². The molecule has 0 saturated carbocycles. The maximum absolute atomic E-state index is 11.2. The van der Waals surface area contributed by atoms with E-state index >= 15 is 0 Å². The molecule has 1 amide bonds. The Kier molecular flexibility index (Phi) is 3.95. The number of nitrogens with zero attached hydrogens (tertiary/aromatic N) is 4. The average Bonchev–Trinajstić information content (AvgIpc) is 3.19. The van der Waals surface area contributed by atoms with Gasteiger partial charge in [-0.3, -0.25) is 9.78 Å². The molecular weight excluding hydrogens is 330 g/mol. The zero-order chi connectivity index (χ0) is 17.9. The van der Waals surface area contributed by atoms with Crippen LogP contribution in [0, 0.1) is 0 Å². The third-order valence-corrected chi connectivity index (χ3v) is 3.76. The molecular formula is C19H13N5O2. The van der Waals surface area contributed by atoms with Crippen molar-refractivity contribution in [2.24, 2.45) is 5.73 Å². The van der Waals surface area contributed by atoms with Crippen LogP contribution in [0.5, 0.6) is 0 Å². The van der Waals surface area contributed by atoms with Crippen molar-refractivity contribution in [3.63, 3.8) is 0 Å². The maximum Gasteiger partial charge on any atom is 0.268 e. The van der Waals surface area contributed by atoms with Crippen LogP contribution >= 0.6 is 0 Å². The molecule has 0 aliphatic heterocycles. The summed E-state index contributed by atoms with van der Waals surface area (Å²) < 4.78 is 5.71. The summed E-state index contributed by atoms with van der Waals surface area (Å²) in [4.78, 5) is 19.9. The first kappa shape index (κ1) is 15.6. The van der Waals surface area contributed by atoms with Crippen LogP contribution in [-0.4, -0.2) is 26.1 Å². The third kappa shape index (κ3) is 3.05. The first-order valence-electron chi connectivity index (χ1n) is 7.82. The van der Waals surface area contributed by atoms with Crippen molar-refractivity contribution in [2.45, 2.75) is 0 Å². The van der Waals surface area contributed by atoms with Gasteiger partial charge in [-0.1, -0.05) is 30.3 Å². The van der Waals surface area contributed by atoms with E-state index in [1.54, 1.807) is 36.7 Å². The lowest BCUT2D eigenvalue weighted by Crippen LogP contribution is -2.10. The fraction of sp³-hybridized carbons (Fsp3) is 0. The molecule has 0 atom stereocenters. The van der Waals surface area contributed by atoms with Gasteiger partial charge in [0.15, 0.2) is 0 Å². The van der Waals surface area contributed by atoms with Gasteiger partial charge in [0.25, 0.3) is 5.89 Å². The van der Waals surface area contributed by atoms with E-state index in [0.29, 0.717) is 22.8 Å². The van der Waals surface area contributed by atoms with E-state index in [4.69, 9.17) is 10.2 Å². The van der Waals surface area contributed by atoms with Gasteiger partial charge in [-0.2, -0.15) is 0 Å². The first-order valence-corrected chi connectivity index (χ1v) is 7.82. The largest absolute Gasteiger partial charge is 0.415 e. The van der Waals surface area contributed by atoms with E-state index in [1.165, 1.54) is 0 Å². The van der Waals surface area contributed by atoms with Crippen molar-refractivity contribution in [3.05, 3.63) is 72.6 Å². The summed E-state index contributed by atoms with van der Waals surface area (Å²) in [7, 11) is 0. The highest BCUT2D eigenvalue weighted by atomic mass is 16.4. The Bertz CT molecular complexity index is 1060. The number of nitrogens with two attached hydrogens (primary N) is 1. The normalized spacial score (nSPS) is 10.6. The van der Waals surface area contributed by atoms with Crippen LogP contribution in [0.25, 0.3) is 34.3 Å². The number of hydrogen-bond acceptors (Lipinski definition) is 6. The molecule has 4 rings (SSSR count). The molecule has 0 radical (unpaired) electrons. The van der Waals surface area contributed by atoms with Gasteiger partial charge in [0.2, 0.25) is 11.8 Å². The second-order valence-electron chi connectivity index (χ2n) is 5.51. The van der Waals surface area contributed by atoms with Gasteiger partial charge in [-0.25, -0.2) is 4.98 Å². The van der Waals surface area contributed by atoms with E-state index in [-0.39, 0.29) is 5.89 Å². The fourth-order valence-electron chi connectivity index (χ4n) is 2.44. The van der Waals surface area contributed by atoms with E-state index in [2.05, 4.69) is 20.2 Å². The summed E-state index contributed by atoms with van der Waals surface area (Å²) in [6, 6.07) is 16.3. The second-order valence-corrected chi connectivity index (χ2v) is 5.51. The molecule has 0 fully saturated rings. The fourth-order valence-corrected chi connectivity index (χ4v) is 2.44. The molecule has 7 heteroatoms. The maximum atomic E-state index is 11.2. The van der Waals surface area contributed by atoms with Crippen LogP contribution < -0.4 is 5.73 Å². The predicted molar refractivity (Wildman–Crippen MR) is 94.7 cm³/mol. The van der Waals surface area contributed by atoms with E-state index in [9.17, 15) is 4.79 Å². The van der Waals surface area contributed by atoms with Crippen LogP contribution in [-0.2, 0) is 0 Å². The molecule has 4 aromatic rings. The van der Waals surface area contributed by atoms with Crippen LogP contribution in [0.4, 0.5) is 0 Å². The molecule has 2 N–H and O–H groups in total. The standard InChI is InChI=1S/C19H13N5O2/c20-17(25)13-8-6-12(7-9-13)15-10-21-11-16(22-15)19-24-23-18(26-19)14-4-2-1-3-5-14/h1-11H,(H2,20,25). The average molecular weight is 343 g/mol. The molecule has 0 spiro atoms. The highest BCUT2D eigenvalue weighted by molar-refractivity contribution is 5.93. The highest BCUT2D eigenvalue weighted by Crippen LogP contribution is 2.24. The SMILES string of the molecule is NC(=O)c1ccc(-c2cncc(-c3nnc(-c4ccccc4)o3)n2)cc1. The number of amides is 1. The van der Waals surface area contributed by atoms with Gasteiger partial charge >= 0.3 is 0 Å². The summed E-state index contributed by atoms with van der Waals surface area (Å²) in [6.07, 6.45) is 3.18. The van der Waals surface area contributed by atoms with Crippen molar-refractivity contribution in [3.8, 4) is 34.3 Å². The van der Waals surface area contributed by atoms with Crippen LogP contribution in [0.3, 0.4) is 0 Å². The molecule has 126 valence electrons. The minimum atomic E-state index is -0.476. The minimum Gasteiger partial charge on any atom is -0.415 e. The summed E-state index contributed by atoms with van der Waals surface area (Å²) in [6.45, 7) is 0. The lowest BCUT2D eigenvalue weighted by Gasteiger charge is -2.02. The number of aromatic nitrogens is 4. The van der Waals surface area contributed by atoms with Crippen molar-refractivity contribution in [1.82, 2.24) is 20.2 Å². The molecule has 2 heterocycles. The molecule has 2 aromatic heterocycles. The first-order chi connectivity index (χ1) is 12.7. The topological polar surface area (TPSA) is 108 Å². The molecule has 0 aliphatic rings. The third-order valence-electron chi connectivity index (χ3n) is 3.76. The number of carbonyl (C=O) groups excluding carboxylic acids is 1. The van der Waals surface area contributed by atoms with Crippen LogP contribution in [0.2, 0.25) is 0 Å². The molecule has 0 aliphatic carbocycles. The van der Waals surface area contributed by atoms with Gasteiger partial charge in [0.1, 0.15) is 5.69 Å². The molecule has 26 heavy (non-hydrogen) atoms. The number of rotatable bonds is 4. The zero-order valence-electron chi connectivity index (χ0n) is 13.5. The summed E-state index contributed by atoms with van der Waals surface area (Å²) in [5, 5.41) is 8.11. The van der Waals surface area contributed by atoms with Crippen molar-refractivity contribution < 1.29 is 9.21 Å². The van der Waals surface area contributed by atoms with Gasteiger partial charge in [-0.05, 0) is 24.3 Å². The van der Waals surface area contributed by atoms with Crippen molar-refractivity contribution in [2.75, 3.05) is 0 Å². The smallest absolute Gasteiger partial charge is 0.268 e. The monoisotopic (exact) mass is 343 g/mol. The van der Waals surface area contributed by atoms with E-state index in [1.807, 2.05) is 30.3 Å². The number of benzene rings is 2. The predicted octanol–water partition coefficient (Wildman–Crippen LogP) is 2.96. The minimum absolute atomic E-state index is 0.284. The van der Waals surface area contributed by atoms with Gasteiger partial charge in [0, 0.05) is 16.7 Å². The summed E-state index contributed by atoms with van der Waals surface area (Å²) in [5.41, 5.74) is 8.41. The molecule has 0 unspecified atom stereocenters. The number of primary amides is 1. The van der Waals surface area contributed by atoms with E-state index < -0.39 is 5.91 Å². The Morgan fingerprint density at radius 2 is 1.50 bits per heavy atom. The van der Waals surface area contributed by atoms with Crippen LogP contribution in [0.15, 0.2) is 71.4 Å². The Hall–Kier alpha value is -3.87. The van der Waals surface area contributed by atoms with Crippen molar-refractivity contribution >= 4 is 5.91 Å². The highest BCUT2D eigenvalue weighted by Gasteiger charge is 2.13. The van der Waals surface area contributed by atoms with Crippen LogP contribution in [0.1, 0.15) is 10.4 Å². The number of hydrogen-bond donors (Lipinski definition) is 1. The molecule has 7 nitrogen and oxygen atoms in total. The second kappa shape index (κ2) is 6.56. The molecule has 0 saturated heterocycles. The number of carbonyl (C=O) groups is 1. The Labute approximate surface area is 148 Å². The van der Waals surface area contributed by atoms with E-state index in [0.717, 1.165) is 11.1 Å². The lowest BCUT2D eigenvalue weighted by molar-refractivity contribution is 0.100. The van der Waals surface area contributed by atoms with Gasteiger partial charge < -0.3 is 10.2 Å².